The van der Waals surface area contributed by atoms with Crippen molar-refractivity contribution >= 4 is 16.9 Å². The Morgan fingerprint density at radius 1 is 1.38 bits per heavy atom. The largest absolute Gasteiger partial charge is 0.496 e. The SMILES string of the molecule is C=C(C)C(=O)/C(C#N)=C1\CC(=C)c2cc(OC)c(C)cc21. The van der Waals surface area contributed by atoms with Gasteiger partial charge in [-0.1, -0.05) is 13.2 Å². The average Bonchev–Trinajstić information content (AvgIpc) is 2.75. The number of nitrogens with zero attached hydrogens (tertiary/aromatic N) is 1. The standard InChI is InChI=1S/C18H17NO2/c1-10(2)18(20)16(9-19)15-6-11(3)13-8-17(21-5)12(4)7-14(13)15/h7-8H,1,3,6H2,2,4-5H3/b16-15+. The number of Topliss-reactive ketones (excluding diaryl/α,β-unsaturated/α-hetero) is 1. The molecule has 0 radical (unpaired) electrons. The van der Waals surface area contributed by atoms with Crippen LogP contribution in [0.15, 0.2) is 36.4 Å². The molecule has 106 valence electrons. The van der Waals surface area contributed by atoms with Crippen molar-refractivity contribution < 1.29 is 9.53 Å². The Morgan fingerprint density at radius 3 is 2.57 bits per heavy atom. The first-order chi connectivity index (χ1) is 9.90. The molecule has 0 aromatic heterocycles. The van der Waals surface area contributed by atoms with Crippen molar-refractivity contribution in [1.82, 2.24) is 0 Å². The Hall–Kier alpha value is -2.60. The van der Waals surface area contributed by atoms with Gasteiger partial charge in [-0.3, -0.25) is 4.79 Å². The third kappa shape index (κ3) is 2.41. The second kappa shape index (κ2) is 5.41. The van der Waals surface area contributed by atoms with Crippen LogP contribution < -0.4 is 4.74 Å². The van der Waals surface area contributed by atoms with Crippen LogP contribution in [-0.2, 0) is 4.79 Å². The minimum Gasteiger partial charge on any atom is -0.496 e. The van der Waals surface area contributed by atoms with Crippen molar-refractivity contribution in [2.24, 2.45) is 0 Å². The number of methoxy groups -OCH3 is 1. The van der Waals surface area contributed by atoms with E-state index in [9.17, 15) is 10.1 Å². The van der Waals surface area contributed by atoms with Gasteiger partial charge in [0.1, 0.15) is 17.4 Å². The summed E-state index contributed by atoms with van der Waals surface area (Å²) in [5, 5.41) is 9.36. The number of benzene rings is 1. The van der Waals surface area contributed by atoms with Crippen LogP contribution >= 0.6 is 0 Å². The molecule has 0 aliphatic heterocycles. The van der Waals surface area contributed by atoms with Crippen molar-refractivity contribution in [3.63, 3.8) is 0 Å². The van der Waals surface area contributed by atoms with Crippen molar-refractivity contribution in [3.05, 3.63) is 53.1 Å². The molecule has 0 bridgehead atoms. The van der Waals surface area contributed by atoms with E-state index in [4.69, 9.17) is 4.74 Å². The van der Waals surface area contributed by atoms with Crippen LogP contribution in [0.2, 0.25) is 0 Å². The number of allylic oxidation sites excluding steroid dienone is 4. The molecule has 1 aromatic rings. The second-order valence-corrected chi connectivity index (χ2v) is 5.22. The lowest BCUT2D eigenvalue weighted by Gasteiger charge is -2.09. The maximum absolute atomic E-state index is 12.2. The highest BCUT2D eigenvalue weighted by atomic mass is 16.5. The lowest BCUT2D eigenvalue weighted by atomic mass is 9.96. The van der Waals surface area contributed by atoms with E-state index in [-0.39, 0.29) is 11.4 Å². The summed E-state index contributed by atoms with van der Waals surface area (Å²) >= 11 is 0. The molecular formula is C18H17NO2. The Kier molecular flexibility index (Phi) is 3.82. The average molecular weight is 279 g/mol. The van der Waals surface area contributed by atoms with E-state index in [1.165, 1.54) is 0 Å². The highest BCUT2D eigenvalue weighted by Crippen LogP contribution is 2.44. The van der Waals surface area contributed by atoms with E-state index >= 15 is 0 Å². The van der Waals surface area contributed by atoms with Gasteiger partial charge >= 0.3 is 0 Å². The summed E-state index contributed by atoms with van der Waals surface area (Å²) in [5.74, 6) is 0.475. The summed E-state index contributed by atoms with van der Waals surface area (Å²) in [7, 11) is 1.62. The lowest BCUT2D eigenvalue weighted by molar-refractivity contribution is -0.111. The second-order valence-electron chi connectivity index (χ2n) is 5.22. The fourth-order valence-electron chi connectivity index (χ4n) is 2.55. The molecule has 2 rings (SSSR count). The quantitative estimate of drug-likeness (QED) is 0.624. The number of carbonyl (C=O) groups excluding carboxylic acids is 1. The summed E-state index contributed by atoms with van der Waals surface area (Å²) in [6, 6.07) is 5.90. The zero-order valence-electron chi connectivity index (χ0n) is 12.5. The molecule has 0 fully saturated rings. The van der Waals surface area contributed by atoms with Crippen LogP contribution in [0.1, 0.15) is 30.0 Å². The van der Waals surface area contributed by atoms with Gasteiger partial charge in [0.15, 0.2) is 5.78 Å². The number of rotatable bonds is 3. The minimum atomic E-state index is -0.304. The highest BCUT2D eigenvalue weighted by molar-refractivity contribution is 6.17. The number of nitriles is 1. The molecule has 0 saturated carbocycles. The van der Waals surface area contributed by atoms with E-state index in [2.05, 4.69) is 13.2 Å². The van der Waals surface area contributed by atoms with E-state index in [0.29, 0.717) is 12.0 Å². The summed E-state index contributed by atoms with van der Waals surface area (Å²) in [4.78, 5) is 12.2. The topological polar surface area (TPSA) is 50.1 Å². The van der Waals surface area contributed by atoms with Crippen molar-refractivity contribution in [2.75, 3.05) is 7.11 Å². The molecule has 0 unspecified atom stereocenters. The predicted molar refractivity (Wildman–Crippen MR) is 83.7 cm³/mol. The third-order valence-corrected chi connectivity index (χ3v) is 3.66. The number of carbonyl (C=O) groups is 1. The van der Waals surface area contributed by atoms with E-state index in [1.54, 1.807) is 14.0 Å². The first-order valence-electron chi connectivity index (χ1n) is 6.61. The molecule has 1 aromatic carbocycles. The summed E-state index contributed by atoms with van der Waals surface area (Å²) < 4.78 is 5.32. The minimum absolute atomic E-state index is 0.159. The fraction of sp³-hybridized carbons (Fsp3) is 0.222. The van der Waals surface area contributed by atoms with Gasteiger partial charge in [-0.25, -0.2) is 0 Å². The fourth-order valence-corrected chi connectivity index (χ4v) is 2.55. The van der Waals surface area contributed by atoms with Crippen LogP contribution in [0.5, 0.6) is 5.75 Å². The van der Waals surface area contributed by atoms with Crippen LogP contribution in [0, 0.1) is 18.3 Å². The smallest absolute Gasteiger partial charge is 0.198 e. The summed E-state index contributed by atoms with van der Waals surface area (Å²) in [6.45, 7) is 11.2. The predicted octanol–water partition coefficient (Wildman–Crippen LogP) is 3.84. The first-order valence-corrected chi connectivity index (χ1v) is 6.61. The molecule has 0 N–H and O–H groups in total. The molecule has 21 heavy (non-hydrogen) atoms. The van der Waals surface area contributed by atoms with Gasteiger partial charge in [0.25, 0.3) is 0 Å². The van der Waals surface area contributed by atoms with Crippen molar-refractivity contribution in [1.29, 1.82) is 5.26 Å². The van der Waals surface area contributed by atoms with Gasteiger partial charge in [-0.2, -0.15) is 5.26 Å². The van der Waals surface area contributed by atoms with Gasteiger partial charge in [0.2, 0.25) is 0 Å². The maximum Gasteiger partial charge on any atom is 0.198 e. The number of ether oxygens (including phenoxy) is 1. The number of ketones is 1. The molecule has 3 nitrogen and oxygen atoms in total. The number of hydrogen-bond donors (Lipinski definition) is 0. The van der Waals surface area contributed by atoms with E-state index in [1.807, 2.05) is 25.1 Å². The number of fused-ring (bicyclic) bond motifs is 1. The van der Waals surface area contributed by atoms with Gasteiger partial charge < -0.3 is 4.74 Å². The number of aryl methyl sites for hydroxylation is 1. The molecule has 0 heterocycles. The molecule has 3 heteroatoms. The van der Waals surface area contributed by atoms with Gasteiger partial charge in [-0.15, -0.1) is 0 Å². The molecule has 1 aliphatic carbocycles. The van der Waals surface area contributed by atoms with Crippen molar-refractivity contribution in [2.45, 2.75) is 20.3 Å². The zero-order chi connectivity index (χ0) is 15.7. The molecule has 1 aliphatic rings. The van der Waals surface area contributed by atoms with Crippen LogP contribution in [0.3, 0.4) is 0 Å². The van der Waals surface area contributed by atoms with Gasteiger partial charge in [0.05, 0.1) is 7.11 Å². The monoisotopic (exact) mass is 279 g/mol. The van der Waals surface area contributed by atoms with E-state index in [0.717, 1.165) is 33.6 Å². The van der Waals surface area contributed by atoms with Gasteiger partial charge in [0, 0.05) is 0 Å². The zero-order valence-corrected chi connectivity index (χ0v) is 12.5. The lowest BCUT2D eigenvalue weighted by Crippen LogP contribution is -2.04. The molecule has 0 amide bonds. The summed E-state index contributed by atoms with van der Waals surface area (Å²) in [6.07, 6.45) is 0.504. The van der Waals surface area contributed by atoms with Crippen LogP contribution in [0.4, 0.5) is 0 Å². The molecular weight excluding hydrogens is 262 g/mol. The summed E-state index contributed by atoms with van der Waals surface area (Å²) in [5.41, 5.74) is 4.94. The van der Waals surface area contributed by atoms with Crippen molar-refractivity contribution in [3.8, 4) is 11.8 Å². The van der Waals surface area contributed by atoms with Gasteiger partial charge in [-0.05, 0) is 65.8 Å². The normalized spacial score (nSPS) is 15.2. The molecule has 0 saturated heterocycles. The Labute approximate surface area is 124 Å². The third-order valence-electron chi connectivity index (χ3n) is 3.66. The first kappa shape index (κ1) is 14.8. The van der Waals surface area contributed by atoms with Crippen LogP contribution in [0.25, 0.3) is 11.1 Å². The Balaban J connectivity index is 2.71. The molecule has 0 spiro atoms. The Morgan fingerprint density at radius 2 is 2.05 bits per heavy atom. The van der Waals surface area contributed by atoms with E-state index < -0.39 is 0 Å². The van der Waals surface area contributed by atoms with Crippen LogP contribution in [-0.4, -0.2) is 12.9 Å². The number of hydrogen-bond acceptors (Lipinski definition) is 3. The highest BCUT2D eigenvalue weighted by Gasteiger charge is 2.27. The maximum atomic E-state index is 12.2. The Bertz CT molecular complexity index is 745. The molecule has 0 atom stereocenters.